The van der Waals surface area contributed by atoms with Gasteiger partial charge in [-0.25, -0.2) is 4.79 Å². The van der Waals surface area contributed by atoms with Gasteiger partial charge < -0.3 is 35.9 Å². The molecule has 0 fully saturated rings. The van der Waals surface area contributed by atoms with Crippen molar-refractivity contribution in [2.75, 3.05) is 45.7 Å². The largest absolute Gasteiger partial charge is 0.548 e. The van der Waals surface area contributed by atoms with Crippen LogP contribution in [0, 0.1) is 0 Å². The number of unbranched alkanes of at least 4 members (excludes halogenated alkanes) is 12. The first-order valence-electron chi connectivity index (χ1n) is 16.5. The summed E-state index contributed by atoms with van der Waals surface area (Å²) < 4.78 is 0. The molecular formula is C31H61N4O6S2+. The highest BCUT2D eigenvalue weighted by atomic mass is 33.1. The van der Waals surface area contributed by atoms with Gasteiger partial charge in [-0.05, 0) is 51.4 Å². The Kier molecular flexibility index (Phi) is 28.2. The molecule has 2 atom stereocenters. The van der Waals surface area contributed by atoms with Crippen LogP contribution in [-0.4, -0.2) is 86.7 Å². The molecule has 12 heteroatoms. The third kappa shape index (κ3) is 27.8. The minimum absolute atomic E-state index is 0.229. The minimum atomic E-state index is -1.29. The molecule has 2 amide bonds. The number of rotatable bonds is 31. The fourth-order valence-electron chi connectivity index (χ4n) is 4.65. The zero-order chi connectivity index (χ0) is 32.1. The Bertz CT molecular complexity index is 745. The number of nitrogens with one attached hydrogen (secondary N) is 3. The summed E-state index contributed by atoms with van der Waals surface area (Å²) in [5, 5.41) is 28.4. The molecule has 10 nitrogen and oxygen atoms in total. The van der Waals surface area contributed by atoms with Crippen molar-refractivity contribution in [3.05, 3.63) is 0 Å². The molecule has 0 saturated carbocycles. The third-order valence-electron chi connectivity index (χ3n) is 7.29. The van der Waals surface area contributed by atoms with Crippen molar-refractivity contribution in [3.63, 3.8) is 0 Å². The molecule has 2 unspecified atom stereocenters. The van der Waals surface area contributed by atoms with E-state index in [1.54, 1.807) is 0 Å². The molecule has 252 valence electrons. The Morgan fingerprint density at radius 2 is 1.12 bits per heavy atom. The second-order valence-corrected chi connectivity index (χ2v) is 14.4. The van der Waals surface area contributed by atoms with Crippen molar-refractivity contribution in [1.29, 1.82) is 0 Å². The second-order valence-electron chi connectivity index (χ2n) is 11.7. The van der Waals surface area contributed by atoms with Gasteiger partial charge in [0.25, 0.3) is 0 Å². The quantitative estimate of drug-likeness (QED) is 0.0559. The van der Waals surface area contributed by atoms with Gasteiger partial charge in [0.15, 0.2) is 0 Å². The van der Waals surface area contributed by atoms with Gasteiger partial charge in [-0.1, -0.05) is 73.0 Å². The summed E-state index contributed by atoms with van der Waals surface area (Å²) in [6.45, 7) is 2.37. The molecule has 0 aliphatic heterocycles. The van der Waals surface area contributed by atoms with Crippen LogP contribution in [-0.2, 0) is 19.2 Å². The van der Waals surface area contributed by atoms with Crippen molar-refractivity contribution in [2.45, 2.75) is 128 Å². The number of hydrogen-bond acceptors (Lipinski definition) is 7. The topological polar surface area (TPSA) is 157 Å². The lowest BCUT2D eigenvalue weighted by Crippen LogP contribution is -3.05. The van der Waals surface area contributed by atoms with Crippen LogP contribution in [0.4, 0.5) is 0 Å². The number of nitrogens with two attached hydrogens (primary N) is 1. The number of carboxylic acid groups (broad SMARTS) is 2. The molecule has 0 saturated heterocycles. The highest BCUT2D eigenvalue weighted by Gasteiger charge is 2.19. The second kappa shape index (κ2) is 29.2. The number of carbonyl (C=O) groups excluding carboxylic acids is 3. The van der Waals surface area contributed by atoms with Crippen LogP contribution in [0.25, 0.3) is 0 Å². The number of carbonyl (C=O) groups is 4. The summed E-state index contributed by atoms with van der Waals surface area (Å²) in [5.41, 5.74) is 0. The summed E-state index contributed by atoms with van der Waals surface area (Å²) in [6, 6.07) is -1.97. The summed E-state index contributed by atoms with van der Waals surface area (Å²) in [6.07, 6.45) is 16.5. The molecule has 0 spiro atoms. The predicted octanol–water partition coefficient (Wildman–Crippen LogP) is 1.53. The lowest BCUT2D eigenvalue weighted by molar-refractivity contribution is -0.858. The third-order valence-corrected chi connectivity index (χ3v) is 9.76. The van der Waals surface area contributed by atoms with Gasteiger partial charge in [-0.3, -0.25) is 9.59 Å². The maximum atomic E-state index is 12.2. The van der Waals surface area contributed by atoms with Crippen molar-refractivity contribution in [2.24, 2.45) is 0 Å². The van der Waals surface area contributed by atoms with Crippen LogP contribution in [0.5, 0.6) is 0 Å². The minimum Gasteiger partial charge on any atom is -0.548 e. The molecule has 0 aromatic heterocycles. The molecule has 0 radical (unpaired) electrons. The molecule has 0 aliphatic rings. The SMILES string of the molecule is C[NH2+]CCCCCCCCCC(=O)NC(CCSSCCC(NC(=O)CCCCCCCCC[NH+](C)C)C(=O)O)C(=O)[O-]. The van der Waals surface area contributed by atoms with Crippen molar-refractivity contribution < 1.29 is 39.6 Å². The van der Waals surface area contributed by atoms with E-state index in [0.29, 0.717) is 24.3 Å². The maximum absolute atomic E-state index is 12.2. The molecule has 0 rings (SSSR count). The lowest BCUT2D eigenvalue weighted by atomic mass is 10.1. The van der Waals surface area contributed by atoms with Crippen LogP contribution in [0.15, 0.2) is 0 Å². The number of hydrogen-bond donors (Lipinski definition) is 5. The van der Waals surface area contributed by atoms with E-state index >= 15 is 0 Å². The molecule has 0 aromatic rings. The van der Waals surface area contributed by atoms with Crippen LogP contribution in [0.1, 0.15) is 116 Å². The lowest BCUT2D eigenvalue weighted by Gasteiger charge is -2.19. The molecule has 43 heavy (non-hydrogen) atoms. The van der Waals surface area contributed by atoms with E-state index in [1.807, 2.05) is 0 Å². The standard InChI is InChI=1S/C31H60N4O6S2/c1-32-22-16-12-8-4-6-10-14-18-28(36)33-26(30(38)39)20-24-42-43-25-21-27(31(40)41)34-29(37)19-15-11-7-5-9-13-17-23-35(2)3/h26-27,32H,4-25H2,1-3H3,(H,33,36)(H,34,37)(H,38,39)(H,40,41)/p+1. The maximum Gasteiger partial charge on any atom is 0.326 e. The number of quaternary nitrogens is 2. The van der Waals surface area contributed by atoms with Crippen molar-refractivity contribution in [3.8, 4) is 0 Å². The fourth-order valence-corrected chi connectivity index (χ4v) is 6.84. The van der Waals surface area contributed by atoms with E-state index in [1.165, 1.54) is 90.9 Å². The first kappa shape index (κ1) is 41.5. The first-order chi connectivity index (χ1) is 20.7. The zero-order valence-corrected chi connectivity index (χ0v) is 28.7. The van der Waals surface area contributed by atoms with Gasteiger partial charge in [-0.15, -0.1) is 0 Å². The Morgan fingerprint density at radius 3 is 1.56 bits per heavy atom. The van der Waals surface area contributed by atoms with E-state index in [-0.39, 0.29) is 24.7 Å². The summed E-state index contributed by atoms with van der Waals surface area (Å²) >= 11 is 0. The van der Waals surface area contributed by atoms with Crippen LogP contribution in [0.3, 0.4) is 0 Å². The Balaban J connectivity index is 3.97. The molecule has 0 aliphatic carbocycles. The highest BCUT2D eigenvalue weighted by Crippen LogP contribution is 2.24. The molecular weight excluding hydrogens is 588 g/mol. The van der Waals surface area contributed by atoms with Gasteiger partial charge in [0, 0.05) is 24.3 Å². The Morgan fingerprint density at radius 1 is 0.698 bits per heavy atom. The molecule has 0 heterocycles. The van der Waals surface area contributed by atoms with Gasteiger partial charge >= 0.3 is 5.97 Å². The average Bonchev–Trinajstić information content (AvgIpc) is 2.95. The van der Waals surface area contributed by atoms with E-state index in [9.17, 15) is 29.4 Å². The molecule has 0 aromatic carbocycles. The number of amides is 2. The van der Waals surface area contributed by atoms with Gasteiger partial charge in [0.2, 0.25) is 11.8 Å². The summed E-state index contributed by atoms with van der Waals surface area (Å²) in [5.74, 6) is -1.87. The number of aliphatic carboxylic acids is 2. The Hall–Kier alpha value is -1.50. The van der Waals surface area contributed by atoms with Gasteiger partial charge in [0.1, 0.15) is 6.04 Å². The Labute approximate surface area is 268 Å². The monoisotopic (exact) mass is 649 g/mol. The molecule has 0 bridgehead atoms. The van der Waals surface area contributed by atoms with Crippen molar-refractivity contribution in [1.82, 2.24) is 10.6 Å². The highest BCUT2D eigenvalue weighted by molar-refractivity contribution is 8.76. The van der Waals surface area contributed by atoms with Crippen LogP contribution >= 0.6 is 21.6 Å². The predicted molar refractivity (Wildman–Crippen MR) is 175 cm³/mol. The molecule has 6 N–H and O–H groups in total. The van der Waals surface area contributed by atoms with Gasteiger partial charge in [-0.2, -0.15) is 0 Å². The van der Waals surface area contributed by atoms with Gasteiger partial charge in [0.05, 0.1) is 46.2 Å². The van der Waals surface area contributed by atoms with E-state index in [4.69, 9.17) is 0 Å². The van der Waals surface area contributed by atoms with Crippen molar-refractivity contribution >= 4 is 45.3 Å². The number of carboxylic acids is 2. The smallest absolute Gasteiger partial charge is 0.326 e. The van der Waals surface area contributed by atoms with Crippen LogP contribution in [0.2, 0.25) is 0 Å². The van der Waals surface area contributed by atoms with E-state index in [2.05, 4.69) is 37.1 Å². The van der Waals surface area contributed by atoms with E-state index < -0.39 is 24.0 Å². The first-order valence-corrected chi connectivity index (χ1v) is 19.0. The summed E-state index contributed by atoms with van der Waals surface area (Å²) in [7, 11) is 9.27. The zero-order valence-electron chi connectivity index (χ0n) is 27.1. The average molecular weight is 650 g/mol. The summed E-state index contributed by atoms with van der Waals surface area (Å²) in [4.78, 5) is 49.0. The van der Waals surface area contributed by atoms with Crippen LogP contribution < -0.4 is 26.0 Å². The normalized spacial score (nSPS) is 12.7. The van der Waals surface area contributed by atoms with E-state index in [0.717, 1.165) is 38.5 Å². The fraction of sp³-hybridized carbons (Fsp3) is 0.871.